The third-order valence-electron chi connectivity index (χ3n) is 4.79. The number of carbonyl (C=O) groups is 2. The van der Waals surface area contributed by atoms with Crippen LogP contribution in [0.5, 0.6) is 0 Å². The zero-order chi connectivity index (χ0) is 20.4. The van der Waals surface area contributed by atoms with E-state index in [1.165, 1.54) is 28.0 Å². The van der Waals surface area contributed by atoms with Crippen LogP contribution in [0.1, 0.15) is 17.5 Å². The van der Waals surface area contributed by atoms with Gasteiger partial charge in [0, 0.05) is 38.7 Å². The summed E-state index contributed by atoms with van der Waals surface area (Å²) in [6.07, 6.45) is 0.00538. The van der Waals surface area contributed by atoms with Crippen molar-refractivity contribution >= 4 is 23.2 Å². The van der Waals surface area contributed by atoms with Crippen LogP contribution in [0.3, 0.4) is 0 Å². The van der Waals surface area contributed by atoms with Gasteiger partial charge in [-0.15, -0.1) is 0 Å². The van der Waals surface area contributed by atoms with Crippen LogP contribution < -0.4 is 4.90 Å². The number of aryl methyl sites for hydroxylation is 1. The molecule has 2 aromatic carbocycles. The van der Waals surface area contributed by atoms with Crippen molar-refractivity contribution < 1.29 is 18.9 Å². The Bertz CT molecular complexity index is 947. The maximum absolute atomic E-state index is 14.2. The maximum Gasteiger partial charge on any atom is 0.269 e. The van der Waals surface area contributed by atoms with Crippen molar-refractivity contribution in [2.24, 2.45) is 5.92 Å². The van der Waals surface area contributed by atoms with Crippen LogP contribution in [-0.2, 0) is 16.1 Å². The first-order valence-electron chi connectivity index (χ1n) is 8.81. The van der Waals surface area contributed by atoms with Crippen molar-refractivity contribution in [3.05, 3.63) is 69.5 Å². The van der Waals surface area contributed by atoms with E-state index in [2.05, 4.69) is 0 Å². The van der Waals surface area contributed by atoms with E-state index in [0.717, 1.165) is 5.56 Å². The fourth-order valence-electron chi connectivity index (χ4n) is 3.37. The summed E-state index contributed by atoms with van der Waals surface area (Å²) >= 11 is 0. The van der Waals surface area contributed by atoms with Crippen molar-refractivity contribution in [3.8, 4) is 0 Å². The molecule has 2 amide bonds. The van der Waals surface area contributed by atoms with Crippen LogP contribution in [0.2, 0.25) is 0 Å². The predicted molar refractivity (Wildman–Crippen MR) is 101 cm³/mol. The third kappa shape index (κ3) is 4.00. The van der Waals surface area contributed by atoms with Gasteiger partial charge in [0.1, 0.15) is 5.82 Å². The van der Waals surface area contributed by atoms with Crippen LogP contribution in [0.4, 0.5) is 15.8 Å². The number of amides is 2. The predicted octanol–water partition coefficient (Wildman–Crippen LogP) is 3.05. The zero-order valence-electron chi connectivity index (χ0n) is 15.6. The summed E-state index contributed by atoms with van der Waals surface area (Å²) in [5.74, 6) is -1.64. The Kier molecular flexibility index (Phi) is 5.39. The molecule has 0 aliphatic carbocycles. The number of nitrogens with zero attached hydrogens (tertiary/aromatic N) is 3. The second kappa shape index (κ2) is 7.75. The summed E-state index contributed by atoms with van der Waals surface area (Å²) in [6, 6.07) is 10.7. The molecule has 0 bridgehead atoms. The van der Waals surface area contributed by atoms with Gasteiger partial charge < -0.3 is 9.80 Å². The highest BCUT2D eigenvalue weighted by Gasteiger charge is 2.37. The largest absolute Gasteiger partial charge is 0.341 e. The molecule has 0 radical (unpaired) electrons. The van der Waals surface area contributed by atoms with E-state index in [1.54, 1.807) is 38.2 Å². The summed E-state index contributed by atoms with van der Waals surface area (Å²) < 4.78 is 14.2. The van der Waals surface area contributed by atoms with E-state index in [-0.39, 0.29) is 42.7 Å². The Balaban J connectivity index is 1.70. The van der Waals surface area contributed by atoms with Gasteiger partial charge in [0.25, 0.3) is 5.69 Å². The lowest BCUT2D eigenvalue weighted by Gasteiger charge is -2.22. The van der Waals surface area contributed by atoms with Gasteiger partial charge >= 0.3 is 0 Å². The minimum absolute atomic E-state index is 0.00538. The zero-order valence-corrected chi connectivity index (χ0v) is 15.6. The van der Waals surface area contributed by atoms with E-state index in [0.29, 0.717) is 5.56 Å². The number of nitro groups is 1. The summed E-state index contributed by atoms with van der Waals surface area (Å²) in [4.78, 5) is 38.2. The van der Waals surface area contributed by atoms with Crippen LogP contribution in [-0.4, -0.2) is 35.2 Å². The van der Waals surface area contributed by atoms with E-state index in [9.17, 15) is 24.1 Å². The molecule has 2 aromatic rings. The molecular weight excluding hydrogens is 365 g/mol. The van der Waals surface area contributed by atoms with Gasteiger partial charge in [-0.1, -0.05) is 18.2 Å². The quantitative estimate of drug-likeness (QED) is 0.585. The van der Waals surface area contributed by atoms with Crippen molar-refractivity contribution in [1.29, 1.82) is 0 Å². The molecule has 7 nitrogen and oxygen atoms in total. The first kappa shape index (κ1) is 19.5. The number of nitro benzene ring substituents is 1. The summed E-state index contributed by atoms with van der Waals surface area (Å²) in [5, 5.41) is 10.9. The number of halogens is 1. The van der Waals surface area contributed by atoms with E-state index >= 15 is 0 Å². The van der Waals surface area contributed by atoms with E-state index in [1.807, 2.05) is 0 Å². The van der Waals surface area contributed by atoms with Crippen LogP contribution >= 0.6 is 0 Å². The molecule has 1 heterocycles. The summed E-state index contributed by atoms with van der Waals surface area (Å²) in [7, 11) is 1.58. The minimum Gasteiger partial charge on any atom is -0.341 e. The van der Waals surface area contributed by atoms with Crippen LogP contribution in [0.25, 0.3) is 0 Å². The minimum atomic E-state index is -0.586. The lowest BCUT2D eigenvalue weighted by Crippen LogP contribution is -2.34. The number of benzene rings is 2. The molecule has 0 N–H and O–H groups in total. The maximum atomic E-state index is 14.2. The molecule has 0 spiro atoms. The second-order valence-corrected chi connectivity index (χ2v) is 6.98. The second-order valence-electron chi connectivity index (χ2n) is 6.98. The molecular formula is C20H20FN3O4. The highest BCUT2D eigenvalue weighted by molar-refractivity contribution is 6.00. The standard InChI is InChI=1S/C20H20FN3O4/c1-13-6-7-18(17(21)8-13)23-12-15(10-19(23)25)20(26)22(2)11-14-4-3-5-16(9-14)24(27)28/h3-9,15H,10-12H2,1-2H3. The topological polar surface area (TPSA) is 83.8 Å². The van der Waals surface area contributed by atoms with Gasteiger partial charge in [0.15, 0.2) is 0 Å². The molecule has 28 heavy (non-hydrogen) atoms. The number of rotatable bonds is 5. The van der Waals surface area contributed by atoms with Gasteiger partial charge in [0.05, 0.1) is 16.5 Å². The number of non-ortho nitro benzene ring substituents is 1. The number of hydrogen-bond donors (Lipinski definition) is 0. The van der Waals surface area contributed by atoms with Crippen LogP contribution in [0.15, 0.2) is 42.5 Å². The Morgan fingerprint density at radius 3 is 2.75 bits per heavy atom. The van der Waals surface area contributed by atoms with Crippen LogP contribution in [0, 0.1) is 28.8 Å². The Morgan fingerprint density at radius 1 is 1.32 bits per heavy atom. The highest BCUT2D eigenvalue weighted by atomic mass is 19.1. The Morgan fingerprint density at radius 2 is 2.07 bits per heavy atom. The highest BCUT2D eigenvalue weighted by Crippen LogP contribution is 2.29. The molecule has 1 atom stereocenters. The van der Waals surface area contributed by atoms with E-state index in [4.69, 9.17) is 0 Å². The molecule has 0 aromatic heterocycles. The van der Waals surface area contributed by atoms with Crippen molar-refractivity contribution in [2.75, 3.05) is 18.5 Å². The lowest BCUT2D eigenvalue weighted by molar-refractivity contribution is -0.384. The smallest absolute Gasteiger partial charge is 0.269 e. The molecule has 1 saturated heterocycles. The molecule has 3 rings (SSSR count). The number of carbonyl (C=O) groups excluding carboxylic acids is 2. The van der Waals surface area contributed by atoms with Gasteiger partial charge in [-0.3, -0.25) is 19.7 Å². The monoisotopic (exact) mass is 385 g/mol. The molecule has 0 saturated carbocycles. The first-order chi connectivity index (χ1) is 13.3. The summed E-state index contributed by atoms with van der Waals surface area (Å²) in [6.45, 7) is 2.05. The first-order valence-corrected chi connectivity index (χ1v) is 8.81. The van der Waals surface area contributed by atoms with Crippen molar-refractivity contribution in [2.45, 2.75) is 19.9 Å². The fourth-order valence-corrected chi connectivity index (χ4v) is 3.37. The van der Waals surface area contributed by atoms with Gasteiger partial charge in [-0.25, -0.2) is 4.39 Å². The number of hydrogen-bond acceptors (Lipinski definition) is 4. The molecule has 1 aliphatic heterocycles. The molecule has 146 valence electrons. The molecule has 1 fully saturated rings. The van der Waals surface area contributed by atoms with Crippen molar-refractivity contribution in [1.82, 2.24) is 4.90 Å². The van der Waals surface area contributed by atoms with Gasteiger partial charge in [-0.2, -0.15) is 0 Å². The van der Waals surface area contributed by atoms with Crippen molar-refractivity contribution in [3.63, 3.8) is 0 Å². The Hall–Kier alpha value is -3.29. The average Bonchev–Trinajstić information content (AvgIpc) is 3.02. The molecule has 1 unspecified atom stereocenters. The molecule has 1 aliphatic rings. The van der Waals surface area contributed by atoms with Gasteiger partial charge in [0.2, 0.25) is 11.8 Å². The number of anilines is 1. The third-order valence-corrected chi connectivity index (χ3v) is 4.79. The SMILES string of the molecule is Cc1ccc(N2CC(C(=O)N(C)Cc3cccc([N+](=O)[O-])c3)CC2=O)c(F)c1. The normalized spacial score (nSPS) is 16.3. The van der Waals surface area contributed by atoms with Gasteiger partial charge in [-0.05, 0) is 30.2 Å². The van der Waals surface area contributed by atoms with E-state index < -0.39 is 16.7 Å². The Labute approximate surface area is 161 Å². The fraction of sp³-hybridized carbons (Fsp3) is 0.300. The lowest BCUT2D eigenvalue weighted by atomic mass is 10.1. The summed E-state index contributed by atoms with van der Waals surface area (Å²) in [5.41, 5.74) is 1.50. The average molecular weight is 385 g/mol. The molecule has 8 heteroatoms.